The van der Waals surface area contributed by atoms with Crippen LogP contribution in [0.5, 0.6) is 5.75 Å². The van der Waals surface area contributed by atoms with E-state index in [4.69, 9.17) is 5.73 Å². The molecule has 2 nitrogen and oxygen atoms in total. The molecule has 0 bridgehead atoms. The number of hydrogen-bond acceptors (Lipinski definition) is 2. The molecule has 0 aromatic heterocycles. The maximum absolute atomic E-state index is 9.25. The largest absolute Gasteiger partial charge is 0.508 e. The number of phenolic OH excluding ortho intramolecular Hbond substituents is 1. The zero-order valence-corrected chi connectivity index (χ0v) is 8.79. The summed E-state index contributed by atoms with van der Waals surface area (Å²) in [5.41, 5.74) is 6.77. The van der Waals surface area contributed by atoms with E-state index in [1.54, 1.807) is 24.3 Å². The Hall–Kier alpha value is -0.800. The van der Waals surface area contributed by atoms with Gasteiger partial charge >= 0.3 is 0 Å². The third-order valence-corrected chi connectivity index (χ3v) is 2.52. The highest BCUT2D eigenvalue weighted by Crippen LogP contribution is 2.27. The Morgan fingerprint density at radius 2 is 2.31 bits per heavy atom. The summed E-state index contributed by atoms with van der Waals surface area (Å²) in [6.07, 6.45) is 2.46. The van der Waals surface area contributed by atoms with Gasteiger partial charge in [0.2, 0.25) is 0 Å². The molecule has 1 atom stereocenters. The number of aromatic hydroxyl groups is 1. The minimum Gasteiger partial charge on any atom is -0.508 e. The predicted octanol–water partition coefficient (Wildman–Crippen LogP) is 2.73. The number of phenols is 1. The highest BCUT2D eigenvalue weighted by molar-refractivity contribution is 9.10. The van der Waals surface area contributed by atoms with E-state index in [2.05, 4.69) is 22.5 Å². The summed E-state index contributed by atoms with van der Waals surface area (Å²) in [7, 11) is 0. The van der Waals surface area contributed by atoms with Gasteiger partial charge in [0.05, 0.1) is 0 Å². The smallest absolute Gasteiger partial charge is 0.115 e. The number of rotatable bonds is 3. The van der Waals surface area contributed by atoms with Crippen molar-refractivity contribution in [3.05, 3.63) is 40.9 Å². The fourth-order valence-electron chi connectivity index (χ4n) is 1.12. The molecule has 0 aliphatic heterocycles. The van der Waals surface area contributed by atoms with Crippen molar-refractivity contribution < 1.29 is 5.11 Å². The van der Waals surface area contributed by atoms with E-state index in [1.807, 2.05) is 0 Å². The van der Waals surface area contributed by atoms with Gasteiger partial charge in [0, 0.05) is 10.5 Å². The number of hydrogen-bond donors (Lipinski definition) is 2. The first-order chi connectivity index (χ1) is 6.15. The molecule has 0 saturated carbocycles. The lowest BCUT2D eigenvalue weighted by Gasteiger charge is -2.11. The van der Waals surface area contributed by atoms with Gasteiger partial charge < -0.3 is 10.8 Å². The first kappa shape index (κ1) is 10.3. The number of nitrogens with two attached hydrogens (primary N) is 1. The van der Waals surface area contributed by atoms with Crippen molar-refractivity contribution in [2.75, 3.05) is 0 Å². The van der Waals surface area contributed by atoms with Gasteiger partial charge in [-0.05, 0) is 30.2 Å². The molecule has 1 unspecified atom stereocenters. The maximum Gasteiger partial charge on any atom is 0.115 e. The topological polar surface area (TPSA) is 46.2 Å². The first-order valence-electron chi connectivity index (χ1n) is 4.00. The van der Waals surface area contributed by atoms with Crippen LogP contribution < -0.4 is 5.73 Å². The molecule has 3 heteroatoms. The molecule has 0 amide bonds. The van der Waals surface area contributed by atoms with Crippen LogP contribution in [0.2, 0.25) is 0 Å². The Morgan fingerprint density at radius 1 is 1.62 bits per heavy atom. The van der Waals surface area contributed by atoms with Crippen LogP contribution in [0, 0.1) is 0 Å². The monoisotopic (exact) mass is 241 g/mol. The van der Waals surface area contributed by atoms with Crippen LogP contribution in [0.3, 0.4) is 0 Å². The summed E-state index contributed by atoms with van der Waals surface area (Å²) in [6, 6.07) is 4.96. The Morgan fingerprint density at radius 3 is 2.92 bits per heavy atom. The SMILES string of the molecule is C=CCC(N)c1cc(O)ccc1Br. The van der Waals surface area contributed by atoms with E-state index in [-0.39, 0.29) is 11.8 Å². The third-order valence-electron chi connectivity index (χ3n) is 1.80. The molecule has 0 aliphatic rings. The molecule has 0 spiro atoms. The summed E-state index contributed by atoms with van der Waals surface area (Å²) >= 11 is 3.38. The van der Waals surface area contributed by atoms with Crippen molar-refractivity contribution in [1.82, 2.24) is 0 Å². The van der Waals surface area contributed by atoms with E-state index in [0.717, 1.165) is 10.0 Å². The molecule has 0 saturated heterocycles. The second kappa shape index (κ2) is 4.44. The van der Waals surface area contributed by atoms with Crippen LogP contribution in [0.1, 0.15) is 18.0 Å². The molecule has 13 heavy (non-hydrogen) atoms. The van der Waals surface area contributed by atoms with Crippen molar-refractivity contribution in [1.29, 1.82) is 0 Å². The average Bonchev–Trinajstić information content (AvgIpc) is 2.09. The number of benzene rings is 1. The van der Waals surface area contributed by atoms with E-state index >= 15 is 0 Å². The highest BCUT2D eigenvalue weighted by Gasteiger charge is 2.08. The van der Waals surface area contributed by atoms with Crippen LogP contribution in [-0.4, -0.2) is 5.11 Å². The zero-order valence-electron chi connectivity index (χ0n) is 7.20. The van der Waals surface area contributed by atoms with E-state index in [1.165, 1.54) is 0 Å². The molecule has 0 aliphatic carbocycles. The molecule has 0 heterocycles. The molecular formula is C10H12BrNO. The molecule has 0 fully saturated rings. The zero-order chi connectivity index (χ0) is 9.84. The van der Waals surface area contributed by atoms with Gasteiger partial charge in [-0.25, -0.2) is 0 Å². The molecular weight excluding hydrogens is 230 g/mol. The summed E-state index contributed by atoms with van der Waals surface area (Å²) in [6.45, 7) is 3.62. The van der Waals surface area contributed by atoms with Gasteiger partial charge in [0.15, 0.2) is 0 Å². The summed E-state index contributed by atoms with van der Waals surface area (Å²) in [4.78, 5) is 0. The standard InChI is InChI=1S/C10H12BrNO/c1-2-3-10(12)8-6-7(13)4-5-9(8)11/h2,4-6,10,13H,1,3,12H2. The lowest BCUT2D eigenvalue weighted by molar-refractivity contribution is 0.473. The van der Waals surface area contributed by atoms with E-state index in [0.29, 0.717) is 6.42 Å². The van der Waals surface area contributed by atoms with Crippen molar-refractivity contribution in [3.63, 3.8) is 0 Å². The van der Waals surface area contributed by atoms with Crippen molar-refractivity contribution in [2.45, 2.75) is 12.5 Å². The fourth-order valence-corrected chi connectivity index (χ4v) is 1.66. The molecule has 1 rings (SSSR count). The quantitative estimate of drug-likeness (QED) is 0.800. The predicted molar refractivity (Wildman–Crippen MR) is 57.5 cm³/mol. The lowest BCUT2D eigenvalue weighted by Crippen LogP contribution is -2.09. The van der Waals surface area contributed by atoms with Crippen LogP contribution in [-0.2, 0) is 0 Å². The summed E-state index contributed by atoms with van der Waals surface area (Å²) in [5.74, 6) is 0.234. The molecule has 1 aromatic rings. The lowest BCUT2D eigenvalue weighted by atomic mass is 10.0. The molecule has 3 N–H and O–H groups in total. The van der Waals surface area contributed by atoms with Crippen LogP contribution in [0.15, 0.2) is 35.3 Å². The summed E-state index contributed by atoms with van der Waals surface area (Å²) < 4.78 is 0.916. The Balaban J connectivity index is 2.97. The van der Waals surface area contributed by atoms with Crippen LogP contribution in [0.25, 0.3) is 0 Å². The maximum atomic E-state index is 9.25. The van der Waals surface area contributed by atoms with Crippen LogP contribution >= 0.6 is 15.9 Å². The summed E-state index contributed by atoms with van der Waals surface area (Å²) in [5, 5.41) is 9.25. The van der Waals surface area contributed by atoms with Gasteiger partial charge in [-0.2, -0.15) is 0 Å². The second-order valence-corrected chi connectivity index (χ2v) is 3.69. The van der Waals surface area contributed by atoms with Gasteiger partial charge in [-0.15, -0.1) is 6.58 Å². The Labute approximate surface area is 86.2 Å². The molecule has 1 aromatic carbocycles. The molecule has 0 radical (unpaired) electrons. The van der Waals surface area contributed by atoms with E-state index in [9.17, 15) is 5.11 Å². The third kappa shape index (κ3) is 2.57. The first-order valence-corrected chi connectivity index (χ1v) is 4.79. The minimum absolute atomic E-state index is 0.112. The van der Waals surface area contributed by atoms with Gasteiger partial charge in [0.25, 0.3) is 0 Å². The second-order valence-electron chi connectivity index (χ2n) is 2.84. The van der Waals surface area contributed by atoms with Crippen LogP contribution in [0.4, 0.5) is 0 Å². The van der Waals surface area contributed by atoms with Crippen molar-refractivity contribution in [2.24, 2.45) is 5.73 Å². The Bertz CT molecular complexity index is 312. The minimum atomic E-state index is -0.112. The van der Waals surface area contributed by atoms with Crippen molar-refractivity contribution >= 4 is 15.9 Å². The average molecular weight is 242 g/mol. The van der Waals surface area contributed by atoms with Gasteiger partial charge in [-0.1, -0.05) is 22.0 Å². The number of halogens is 1. The van der Waals surface area contributed by atoms with Gasteiger partial charge in [-0.3, -0.25) is 0 Å². The highest BCUT2D eigenvalue weighted by atomic mass is 79.9. The van der Waals surface area contributed by atoms with Crippen molar-refractivity contribution in [3.8, 4) is 5.75 Å². The molecule has 70 valence electrons. The Kier molecular flexibility index (Phi) is 3.51. The van der Waals surface area contributed by atoms with E-state index < -0.39 is 0 Å². The van der Waals surface area contributed by atoms with Gasteiger partial charge in [0.1, 0.15) is 5.75 Å². The normalized spacial score (nSPS) is 12.5. The fraction of sp³-hybridized carbons (Fsp3) is 0.200.